The van der Waals surface area contributed by atoms with Gasteiger partial charge >= 0.3 is 11.7 Å². The summed E-state index contributed by atoms with van der Waals surface area (Å²) in [5.41, 5.74) is 4.89. The van der Waals surface area contributed by atoms with Gasteiger partial charge in [0, 0.05) is 6.54 Å². The summed E-state index contributed by atoms with van der Waals surface area (Å²) in [6.07, 6.45) is 4.60. The smallest absolute Gasteiger partial charge is 0.419 e. The van der Waals surface area contributed by atoms with E-state index in [-0.39, 0.29) is 31.5 Å². The fourth-order valence-corrected chi connectivity index (χ4v) is 4.04. The SMILES string of the molecule is CC(NC(=O)COC(=O)CCn1c(=O)oc2ccccc21)c1ccc2c(c1)CCCC2. The first-order valence-corrected chi connectivity index (χ1v) is 10.7. The molecule has 4 rings (SSSR count). The zero-order valence-corrected chi connectivity index (χ0v) is 17.6. The first-order valence-electron chi connectivity index (χ1n) is 10.7. The van der Waals surface area contributed by atoms with Crippen molar-refractivity contribution in [2.75, 3.05) is 6.61 Å². The molecule has 1 aliphatic carbocycles. The molecule has 162 valence electrons. The van der Waals surface area contributed by atoms with Gasteiger partial charge in [0.25, 0.3) is 5.91 Å². The van der Waals surface area contributed by atoms with Crippen LogP contribution in [0.4, 0.5) is 0 Å². The normalized spacial score (nSPS) is 14.1. The van der Waals surface area contributed by atoms with Gasteiger partial charge in [0.15, 0.2) is 12.2 Å². The Hall–Kier alpha value is -3.35. The molecule has 1 heterocycles. The lowest BCUT2D eigenvalue weighted by Gasteiger charge is -2.20. The van der Waals surface area contributed by atoms with Gasteiger partial charge in [0.05, 0.1) is 18.0 Å². The van der Waals surface area contributed by atoms with Gasteiger partial charge in [-0.15, -0.1) is 0 Å². The number of hydrogen-bond acceptors (Lipinski definition) is 5. The maximum Gasteiger partial charge on any atom is 0.419 e. The number of nitrogens with one attached hydrogen (secondary N) is 1. The molecular formula is C24H26N2O5. The van der Waals surface area contributed by atoms with Crippen molar-refractivity contribution < 1.29 is 18.7 Å². The Labute approximate surface area is 180 Å². The van der Waals surface area contributed by atoms with E-state index in [9.17, 15) is 14.4 Å². The lowest BCUT2D eigenvalue weighted by Crippen LogP contribution is -2.31. The summed E-state index contributed by atoms with van der Waals surface area (Å²) >= 11 is 0. The van der Waals surface area contributed by atoms with Crippen molar-refractivity contribution in [1.29, 1.82) is 0 Å². The van der Waals surface area contributed by atoms with Crippen LogP contribution in [0.3, 0.4) is 0 Å². The summed E-state index contributed by atoms with van der Waals surface area (Å²) < 4.78 is 11.6. The third-order valence-corrected chi connectivity index (χ3v) is 5.73. The minimum absolute atomic E-state index is 0.0307. The van der Waals surface area contributed by atoms with Crippen LogP contribution in [0, 0.1) is 0 Å². The average Bonchev–Trinajstić information content (AvgIpc) is 3.10. The largest absolute Gasteiger partial charge is 0.456 e. The fraction of sp³-hybridized carbons (Fsp3) is 0.375. The van der Waals surface area contributed by atoms with Crippen LogP contribution in [0.25, 0.3) is 11.1 Å². The van der Waals surface area contributed by atoms with E-state index in [0.29, 0.717) is 11.1 Å². The molecule has 2 aromatic carbocycles. The Morgan fingerprint density at radius 1 is 1.13 bits per heavy atom. The molecule has 1 aromatic heterocycles. The molecule has 1 atom stereocenters. The number of aromatic nitrogens is 1. The number of esters is 1. The highest BCUT2D eigenvalue weighted by molar-refractivity contribution is 5.81. The molecule has 0 spiro atoms. The van der Waals surface area contributed by atoms with Crippen LogP contribution < -0.4 is 11.1 Å². The maximum atomic E-state index is 12.2. The van der Waals surface area contributed by atoms with Crippen LogP contribution in [0.15, 0.2) is 51.7 Å². The molecule has 0 saturated carbocycles. The Morgan fingerprint density at radius 3 is 2.74 bits per heavy atom. The second kappa shape index (κ2) is 9.20. The van der Waals surface area contributed by atoms with Crippen LogP contribution in [0.5, 0.6) is 0 Å². The van der Waals surface area contributed by atoms with Gasteiger partial charge in [0.1, 0.15) is 0 Å². The Kier molecular flexibility index (Phi) is 6.21. The van der Waals surface area contributed by atoms with Crippen molar-refractivity contribution in [3.05, 3.63) is 69.7 Å². The fourth-order valence-electron chi connectivity index (χ4n) is 4.04. The van der Waals surface area contributed by atoms with Crippen molar-refractivity contribution in [2.24, 2.45) is 0 Å². The molecule has 7 heteroatoms. The summed E-state index contributed by atoms with van der Waals surface area (Å²) in [5, 5.41) is 2.87. The summed E-state index contributed by atoms with van der Waals surface area (Å²) in [6, 6.07) is 13.2. The zero-order chi connectivity index (χ0) is 21.8. The third-order valence-electron chi connectivity index (χ3n) is 5.73. The summed E-state index contributed by atoms with van der Waals surface area (Å²) in [4.78, 5) is 36.2. The van der Waals surface area contributed by atoms with Crippen molar-refractivity contribution in [1.82, 2.24) is 9.88 Å². The van der Waals surface area contributed by atoms with Crippen molar-refractivity contribution in [3.8, 4) is 0 Å². The lowest BCUT2D eigenvalue weighted by molar-refractivity contribution is -0.148. The molecule has 1 unspecified atom stereocenters. The highest BCUT2D eigenvalue weighted by Crippen LogP contribution is 2.24. The number of nitrogens with zero attached hydrogens (tertiary/aromatic N) is 1. The van der Waals surface area contributed by atoms with E-state index in [1.54, 1.807) is 24.3 Å². The second-order valence-corrected chi connectivity index (χ2v) is 7.92. The van der Waals surface area contributed by atoms with E-state index < -0.39 is 11.7 Å². The monoisotopic (exact) mass is 422 g/mol. The van der Waals surface area contributed by atoms with Crippen LogP contribution in [-0.4, -0.2) is 23.1 Å². The van der Waals surface area contributed by atoms with Gasteiger partial charge < -0.3 is 14.5 Å². The molecule has 31 heavy (non-hydrogen) atoms. The van der Waals surface area contributed by atoms with E-state index >= 15 is 0 Å². The van der Waals surface area contributed by atoms with Crippen LogP contribution in [0.1, 0.15) is 48.9 Å². The average molecular weight is 422 g/mol. The van der Waals surface area contributed by atoms with E-state index in [0.717, 1.165) is 18.4 Å². The maximum absolute atomic E-state index is 12.2. The minimum Gasteiger partial charge on any atom is -0.456 e. The van der Waals surface area contributed by atoms with Crippen molar-refractivity contribution >= 4 is 23.0 Å². The number of hydrogen-bond donors (Lipinski definition) is 1. The van der Waals surface area contributed by atoms with E-state index in [4.69, 9.17) is 9.15 Å². The number of fused-ring (bicyclic) bond motifs is 2. The molecule has 3 aromatic rings. The number of amides is 1. The molecule has 0 bridgehead atoms. The van der Waals surface area contributed by atoms with E-state index in [1.165, 1.54) is 28.5 Å². The van der Waals surface area contributed by atoms with Gasteiger partial charge in [-0.2, -0.15) is 0 Å². The van der Waals surface area contributed by atoms with Gasteiger partial charge in [-0.3, -0.25) is 14.2 Å². The molecule has 7 nitrogen and oxygen atoms in total. The van der Waals surface area contributed by atoms with Gasteiger partial charge in [-0.25, -0.2) is 4.79 Å². The highest BCUT2D eigenvalue weighted by Gasteiger charge is 2.16. The number of benzene rings is 2. The predicted octanol–water partition coefficient (Wildman–Crippen LogP) is 3.28. The van der Waals surface area contributed by atoms with Crippen molar-refractivity contribution in [3.63, 3.8) is 0 Å². The third kappa shape index (κ3) is 4.87. The van der Waals surface area contributed by atoms with Crippen molar-refractivity contribution in [2.45, 2.75) is 51.6 Å². The van der Waals surface area contributed by atoms with Gasteiger partial charge in [0.2, 0.25) is 0 Å². The van der Waals surface area contributed by atoms with Gasteiger partial charge in [-0.05, 0) is 61.4 Å². The number of rotatable bonds is 7. The number of carbonyl (C=O) groups excluding carboxylic acids is 2. The number of oxazole rings is 1. The molecule has 0 aliphatic heterocycles. The quantitative estimate of drug-likeness (QED) is 0.590. The molecule has 0 radical (unpaired) electrons. The first kappa shape index (κ1) is 20.9. The van der Waals surface area contributed by atoms with E-state index in [1.807, 2.05) is 13.0 Å². The summed E-state index contributed by atoms with van der Waals surface area (Å²) in [5.74, 6) is -1.43. The Morgan fingerprint density at radius 2 is 1.90 bits per heavy atom. The molecular weight excluding hydrogens is 396 g/mol. The molecule has 1 N–H and O–H groups in total. The number of ether oxygens (including phenoxy) is 1. The predicted molar refractivity (Wildman–Crippen MR) is 116 cm³/mol. The number of carbonyl (C=O) groups is 2. The topological polar surface area (TPSA) is 90.5 Å². The van der Waals surface area contributed by atoms with E-state index in [2.05, 4.69) is 17.4 Å². The summed E-state index contributed by atoms with van der Waals surface area (Å²) in [6.45, 7) is 1.69. The van der Waals surface area contributed by atoms with Gasteiger partial charge in [-0.1, -0.05) is 30.3 Å². The zero-order valence-electron chi connectivity index (χ0n) is 17.6. The Bertz CT molecular complexity index is 1160. The lowest BCUT2D eigenvalue weighted by atomic mass is 9.89. The van der Waals surface area contributed by atoms with Crippen LogP contribution >= 0.6 is 0 Å². The first-order chi connectivity index (χ1) is 15.0. The highest BCUT2D eigenvalue weighted by atomic mass is 16.5. The molecule has 1 amide bonds. The van der Waals surface area contributed by atoms with Crippen LogP contribution in [-0.2, 0) is 33.7 Å². The molecule has 1 aliphatic rings. The second-order valence-electron chi connectivity index (χ2n) is 7.92. The standard InChI is InChI=1S/C24H26N2O5/c1-16(18-11-10-17-6-2-3-7-19(17)14-18)25-22(27)15-30-23(28)12-13-26-20-8-4-5-9-21(20)31-24(26)29/h4-5,8-11,14,16H,2-3,6-7,12-13,15H2,1H3,(H,25,27). The number of para-hydroxylation sites is 2. The number of aryl methyl sites for hydroxylation is 3. The Balaban J connectivity index is 1.26. The minimum atomic E-state index is -0.547. The summed E-state index contributed by atoms with van der Waals surface area (Å²) in [7, 11) is 0. The van der Waals surface area contributed by atoms with Crippen LogP contribution in [0.2, 0.25) is 0 Å². The molecule has 0 saturated heterocycles. The molecule has 0 fully saturated rings.